The minimum Gasteiger partial charge on any atom is -0.361 e. The van der Waals surface area contributed by atoms with Crippen LogP contribution < -0.4 is 5.32 Å². The van der Waals surface area contributed by atoms with Gasteiger partial charge in [-0.2, -0.15) is 0 Å². The number of carbonyl (C=O) groups is 2. The molecule has 1 unspecified atom stereocenters. The molecule has 0 saturated carbocycles. The molecular weight excluding hydrogens is 234 g/mol. The molecule has 1 atom stereocenters. The van der Waals surface area contributed by atoms with Crippen LogP contribution in [0.15, 0.2) is 4.52 Å². The van der Waals surface area contributed by atoms with Crippen LogP contribution in [-0.2, 0) is 16.1 Å². The van der Waals surface area contributed by atoms with Crippen molar-refractivity contribution in [2.24, 2.45) is 0 Å². The van der Waals surface area contributed by atoms with Gasteiger partial charge in [-0.15, -0.1) is 0 Å². The quantitative estimate of drug-likeness (QED) is 0.850. The molecule has 0 bridgehead atoms. The fraction of sp³-hybridized carbons (Fsp3) is 0.583. The van der Waals surface area contributed by atoms with E-state index in [0.29, 0.717) is 18.7 Å². The Morgan fingerprint density at radius 1 is 1.44 bits per heavy atom. The van der Waals surface area contributed by atoms with Gasteiger partial charge in [0.05, 0.1) is 18.8 Å². The first-order chi connectivity index (χ1) is 8.54. The highest BCUT2D eigenvalue weighted by Crippen LogP contribution is 2.19. The molecule has 0 aliphatic carbocycles. The second-order valence-electron chi connectivity index (χ2n) is 4.47. The number of nitrogens with one attached hydrogen (secondary N) is 1. The molecule has 0 radical (unpaired) electrons. The van der Waals surface area contributed by atoms with Gasteiger partial charge >= 0.3 is 0 Å². The van der Waals surface area contributed by atoms with Gasteiger partial charge in [0.15, 0.2) is 0 Å². The molecular formula is C12H17N3O3. The number of aromatic nitrogens is 1. The molecule has 0 spiro atoms. The first-order valence-corrected chi connectivity index (χ1v) is 6.03. The number of amides is 2. The molecule has 18 heavy (non-hydrogen) atoms. The summed E-state index contributed by atoms with van der Waals surface area (Å²) >= 11 is 0. The molecule has 0 aromatic carbocycles. The third-order valence-corrected chi connectivity index (χ3v) is 3.31. The largest absolute Gasteiger partial charge is 0.361 e. The number of hydrogen-bond acceptors (Lipinski definition) is 4. The van der Waals surface area contributed by atoms with Crippen molar-refractivity contribution in [2.45, 2.75) is 39.8 Å². The normalized spacial score (nSPS) is 20.2. The van der Waals surface area contributed by atoms with Crippen LogP contribution in [0, 0.1) is 13.8 Å². The van der Waals surface area contributed by atoms with Crippen molar-refractivity contribution in [3.63, 3.8) is 0 Å². The lowest BCUT2D eigenvalue weighted by Gasteiger charge is -2.34. The predicted molar refractivity (Wildman–Crippen MR) is 63.6 cm³/mol. The fourth-order valence-electron chi connectivity index (χ4n) is 2.20. The summed E-state index contributed by atoms with van der Waals surface area (Å²) in [5.74, 6) is 0.534. The van der Waals surface area contributed by atoms with Gasteiger partial charge in [-0.25, -0.2) is 0 Å². The van der Waals surface area contributed by atoms with E-state index in [2.05, 4.69) is 10.5 Å². The standard InChI is InChI=1S/C12H17N3O3/c1-4-10-12(17)13-5-11(16)15(10)6-9-7(2)14-18-8(9)3/h10H,4-6H2,1-3H3,(H,13,17). The summed E-state index contributed by atoms with van der Waals surface area (Å²) in [6.45, 7) is 5.99. The smallest absolute Gasteiger partial charge is 0.243 e. The van der Waals surface area contributed by atoms with Crippen LogP contribution in [0.25, 0.3) is 0 Å². The van der Waals surface area contributed by atoms with E-state index in [1.165, 1.54) is 0 Å². The van der Waals surface area contributed by atoms with Crippen LogP contribution in [0.1, 0.15) is 30.4 Å². The number of carbonyl (C=O) groups excluding carboxylic acids is 2. The molecule has 1 saturated heterocycles. The maximum absolute atomic E-state index is 11.9. The molecule has 2 rings (SSSR count). The third-order valence-electron chi connectivity index (χ3n) is 3.31. The highest BCUT2D eigenvalue weighted by molar-refractivity contribution is 5.94. The first-order valence-electron chi connectivity index (χ1n) is 6.03. The lowest BCUT2D eigenvalue weighted by molar-refractivity contribution is -0.146. The van der Waals surface area contributed by atoms with Crippen LogP contribution in [0.5, 0.6) is 0 Å². The van der Waals surface area contributed by atoms with Gasteiger partial charge in [-0.1, -0.05) is 12.1 Å². The highest BCUT2D eigenvalue weighted by Gasteiger charge is 2.33. The van der Waals surface area contributed by atoms with Crippen LogP contribution in [0.2, 0.25) is 0 Å². The van der Waals surface area contributed by atoms with Crippen molar-refractivity contribution in [3.05, 3.63) is 17.0 Å². The number of aryl methyl sites for hydroxylation is 2. The monoisotopic (exact) mass is 251 g/mol. The van der Waals surface area contributed by atoms with Gasteiger partial charge in [0, 0.05) is 5.56 Å². The summed E-state index contributed by atoms with van der Waals surface area (Å²) < 4.78 is 5.08. The predicted octanol–water partition coefficient (Wildman–Crippen LogP) is 0.528. The van der Waals surface area contributed by atoms with E-state index in [4.69, 9.17) is 4.52 Å². The van der Waals surface area contributed by atoms with Crippen LogP contribution in [0.3, 0.4) is 0 Å². The van der Waals surface area contributed by atoms with Gasteiger partial charge < -0.3 is 14.7 Å². The van der Waals surface area contributed by atoms with Gasteiger partial charge in [-0.05, 0) is 20.3 Å². The number of hydrogen-bond donors (Lipinski definition) is 1. The maximum Gasteiger partial charge on any atom is 0.243 e. The second-order valence-corrected chi connectivity index (χ2v) is 4.47. The zero-order chi connectivity index (χ0) is 13.3. The molecule has 1 aromatic rings. The van der Waals surface area contributed by atoms with Crippen LogP contribution in [-0.4, -0.2) is 34.5 Å². The average Bonchev–Trinajstić information content (AvgIpc) is 2.65. The molecule has 2 heterocycles. The maximum atomic E-state index is 11.9. The SMILES string of the molecule is CCC1C(=O)NCC(=O)N1Cc1c(C)noc1C. The molecule has 1 aromatic heterocycles. The second kappa shape index (κ2) is 4.80. The molecule has 1 N–H and O–H groups in total. The molecule has 98 valence electrons. The minimum absolute atomic E-state index is 0.0681. The van der Waals surface area contributed by atoms with Gasteiger partial charge in [-0.3, -0.25) is 9.59 Å². The van der Waals surface area contributed by atoms with Crippen molar-refractivity contribution in [1.29, 1.82) is 0 Å². The van der Waals surface area contributed by atoms with Crippen molar-refractivity contribution < 1.29 is 14.1 Å². The lowest BCUT2D eigenvalue weighted by atomic mass is 10.1. The van der Waals surface area contributed by atoms with Gasteiger partial charge in [0.1, 0.15) is 11.8 Å². The lowest BCUT2D eigenvalue weighted by Crippen LogP contribution is -2.57. The molecule has 1 aliphatic heterocycles. The summed E-state index contributed by atoms with van der Waals surface area (Å²) in [5.41, 5.74) is 1.65. The Hall–Kier alpha value is -1.85. The van der Waals surface area contributed by atoms with E-state index in [9.17, 15) is 9.59 Å². The Bertz CT molecular complexity index is 461. The summed E-state index contributed by atoms with van der Waals surface area (Å²) in [4.78, 5) is 25.3. The Balaban J connectivity index is 2.25. The molecule has 1 aliphatic rings. The molecule has 1 fully saturated rings. The minimum atomic E-state index is -0.403. The fourth-order valence-corrected chi connectivity index (χ4v) is 2.20. The number of nitrogens with zero attached hydrogens (tertiary/aromatic N) is 2. The van der Waals surface area contributed by atoms with Crippen LogP contribution >= 0.6 is 0 Å². The number of rotatable bonds is 3. The van der Waals surface area contributed by atoms with E-state index >= 15 is 0 Å². The average molecular weight is 251 g/mol. The Morgan fingerprint density at radius 3 is 2.72 bits per heavy atom. The van der Waals surface area contributed by atoms with Crippen molar-refractivity contribution in [2.75, 3.05) is 6.54 Å². The molecule has 6 nitrogen and oxygen atoms in total. The summed E-state index contributed by atoms with van der Waals surface area (Å²) in [7, 11) is 0. The highest BCUT2D eigenvalue weighted by atomic mass is 16.5. The van der Waals surface area contributed by atoms with E-state index in [1.807, 2.05) is 20.8 Å². The van der Waals surface area contributed by atoms with Crippen molar-refractivity contribution >= 4 is 11.8 Å². The zero-order valence-electron chi connectivity index (χ0n) is 10.8. The Kier molecular flexibility index (Phi) is 3.36. The van der Waals surface area contributed by atoms with E-state index < -0.39 is 6.04 Å². The first kappa shape index (κ1) is 12.6. The Labute approximate surface area is 105 Å². The molecule has 6 heteroatoms. The number of piperazine rings is 1. The summed E-state index contributed by atoms with van der Waals surface area (Å²) in [6, 6.07) is -0.403. The van der Waals surface area contributed by atoms with Crippen molar-refractivity contribution in [3.8, 4) is 0 Å². The van der Waals surface area contributed by atoms with Crippen molar-refractivity contribution in [1.82, 2.24) is 15.4 Å². The summed E-state index contributed by atoms with van der Waals surface area (Å²) in [6.07, 6.45) is 0.598. The third kappa shape index (κ3) is 2.10. The van der Waals surface area contributed by atoms with E-state index in [0.717, 1.165) is 11.3 Å². The van der Waals surface area contributed by atoms with E-state index in [-0.39, 0.29) is 18.4 Å². The Morgan fingerprint density at radius 2 is 2.17 bits per heavy atom. The van der Waals surface area contributed by atoms with Crippen LogP contribution in [0.4, 0.5) is 0 Å². The zero-order valence-corrected chi connectivity index (χ0v) is 10.8. The molecule has 2 amide bonds. The summed E-state index contributed by atoms with van der Waals surface area (Å²) in [5, 5.41) is 6.47. The van der Waals surface area contributed by atoms with Gasteiger partial charge in [0.2, 0.25) is 11.8 Å². The van der Waals surface area contributed by atoms with E-state index in [1.54, 1.807) is 4.90 Å². The van der Waals surface area contributed by atoms with Gasteiger partial charge in [0.25, 0.3) is 0 Å². The topological polar surface area (TPSA) is 75.4 Å².